The second-order valence-corrected chi connectivity index (χ2v) is 4.72. The van der Waals surface area contributed by atoms with Crippen LogP contribution in [0.25, 0.3) is 11.2 Å². The Hall–Kier alpha value is -1.67. The van der Waals surface area contributed by atoms with E-state index in [2.05, 4.69) is 4.98 Å². The van der Waals surface area contributed by atoms with Crippen molar-refractivity contribution in [3.8, 4) is 0 Å². The van der Waals surface area contributed by atoms with Crippen molar-refractivity contribution in [2.75, 3.05) is 13.7 Å². The second-order valence-electron chi connectivity index (χ2n) is 4.33. The number of methoxy groups -OCH3 is 1. The first-order chi connectivity index (χ1) is 8.99. The minimum absolute atomic E-state index is 0.349. The molecule has 7 nitrogen and oxygen atoms in total. The zero-order valence-electron chi connectivity index (χ0n) is 11.1. The molecule has 0 bridgehead atoms. The molecule has 104 valence electrons. The van der Waals surface area contributed by atoms with E-state index in [4.69, 9.17) is 17.0 Å². The Morgan fingerprint density at radius 2 is 1.95 bits per heavy atom. The Morgan fingerprint density at radius 3 is 2.58 bits per heavy atom. The Kier molecular flexibility index (Phi) is 3.72. The fourth-order valence-electron chi connectivity index (χ4n) is 2.04. The third kappa shape index (κ3) is 2.17. The van der Waals surface area contributed by atoms with Gasteiger partial charge >= 0.3 is 5.69 Å². The van der Waals surface area contributed by atoms with Crippen LogP contribution in [0, 0.1) is 4.77 Å². The summed E-state index contributed by atoms with van der Waals surface area (Å²) in [6, 6.07) is 0. The molecule has 0 atom stereocenters. The van der Waals surface area contributed by atoms with Crippen molar-refractivity contribution >= 4 is 23.4 Å². The van der Waals surface area contributed by atoms with Crippen LogP contribution in [0.4, 0.5) is 0 Å². The first-order valence-corrected chi connectivity index (χ1v) is 6.27. The molecule has 8 heteroatoms. The summed E-state index contributed by atoms with van der Waals surface area (Å²) in [5.74, 6) is 0. The highest BCUT2D eigenvalue weighted by Crippen LogP contribution is 2.06. The maximum Gasteiger partial charge on any atom is 0.332 e. The smallest absolute Gasteiger partial charge is 0.332 e. The summed E-state index contributed by atoms with van der Waals surface area (Å²) >= 11 is 5.11. The van der Waals surface area contributed by atoms with Crippen LogP contribution in [-0.4, -0.2) is 32.4 Å². The third-order valence-electron chi connectivity index (χ3n) is 3.11. The Morgan fingerprint density at radius 1 is 1.26 bits per heavy atom. The lowest BCUT2D eigenvalue weighted by Crippen LogP contribution is -2.38. The number of nitrogens with zero attached hydrogens (tertiary/aromatic N) is 3. The van der Waals surface area contributed by atoms with Crippen molar-refractivity contribution in [1.29, 1.82) is 0 Å². The van der Waals surface area contributed by atoms with E-state index < -0.39 is 0 Å². The fraction of sp³-hybridized carbons (Fsp3) is 0.545. The predicted octanol–water partition coefficient (Wildman–Crippen LogP) is 0.133. The molecular weight excluding hydrogens is 268 g/mol. The van der Waals surface area contributed by atoms with Gasteiger partial charge in [-0.3, -0.25) is 13.9 Å². The quantitative estimate of drug-likeness (QED) is 0.640. The molecule has 0 saturated heterocycles. The van der Waals surface area contributed by atoms with Crippen LogP contribution in [0.2, 0.25) is 0 Å². The number of rotatable bonds is 4. The summed E-state index contributed by atoms with van der Waals surface area (Å²) in [4.78, 5) is 27.2. The lowest BCUT2D eigenvalue weighted by atomic mass is 10.4. The zero-order chi connectivity index (χ0) is 14.2. The van der Waals surface area contributed by atoms with Crippen LogP contribution in [0.3, 0.4) is 0 Å². The van der Waals surface area contributed by atoms with Gasteiger partial charge in [0.25, 0.3) is 5.56 Å². The van der Waals surface area contributed by atoms with E-state index in [1.54, 1.807) is 18.7 Å². The van der Waals surface area contributed by atoms with E-state index >= 15 is 0 Å². The van der Waals surface area contributed by atoms with Gasteiger partial charge in [-0.25, -0.2) is 4.79 Å². The summed E-state index contributed by atoms with van der Waals surface area (Å²) < 4.78 is 9.59. The maximum atomic E-state index is 12.1. The molecule has 0 radical (unpaired) electrons. The molecular formula is C11H16N4O3S. The fourth-order valence-corrected chi connectivity index (χ4v) is 2.23. The van der Waals surface area contributed by atoms with Gasteiger partial charge in [0.05, 0.1) is 0 Å². The van der Waals surface area contributed by atoms with Gasteiger partial charge in [-0.15, -0.1) is 0 Å². The normalized spacial score (nSPS) is 11.3. The van der Waals surface area contributed by atoms with Crippen LogP contribution in [0.5, 0.6) is 0 Å². The number of H-pyrrole nitrogens is 1. The number of nitrogens with one attached hydrogen (secondary N) is 1. The first kappa shape index (κ1) is 13.8. The Labute approximate surface area is 114 Å². The highest BCUT2D eigenvalue weighted by molar-refractivity contribution is 7.71. The van der Waals surface area contributed by atoms with Crippen molar-refractivity contribution in [1.82, 2.24) is 18.7 Å². The summed E-state index contributed by atoms with van der Waals surface area (Å²) in [5, 5.41) is 0. The van der Waals surface area contributed by atoms with Crippen LogP contribution >= 0.6 is 12.2 Å². The number of fused-ring (bicyclic) bond motifs is 1. The molecule has 0 aliphatic rings. The summed E-state index contributed by atoms with van der Waals surface area (Å²) in [6.45, 7) is 1.01. The third-order valence-corrected chi connectivity index (χ3v) is 3.49. The number of hydrogen-bond donors (Lipinski definition) is 1. The van der Waals surface area contributed by atoms with Gasteiger partial charge < -0.3 is 14.3 Å². The van der Waals surface area contributed by atoms with Gasteiger partial charge in [-0.05, 0) is 18.6 Å². The van der Waals surface area contributed by atoms with E-state index in [0.29, 0.717) is 35.5 Å². The average Bonchev–Trinajstić information content (AvgIpc) is 2.67. The number of aromatic nitrogens is 4. The SMILES string of the molecule is COCCCn1c(=O)n(C)c(=O)c2c1[nH]c(=S)n2C. The largest absolute Gasteiger partial charge is 0.385 e. The lowest BCUT2D eigenvalue weighted by Gasteiger charge is -2.09. The van der Waals surface area contributed by atoms with Crippen molar-refractivity contribution in [3.05, 3.63) is 25.6 Å². The molecule has 1 N–H and O–H groups in total. The predicted molar refractivity (Wildman–Crippen MR) is 74.1 cm³/mol. The van der Waals surface area contributed by atoms with Crippen molar-refractivity contribution in [2.45, 2.75) is 13.0 Å². The van der Waals surface area contributed by atoms with Crippen molar-refractivity contribution in [2.24, 2.45) is 14.1 Å². The topological polar surface area (TPSA) is 73.9 Å². The van der Waals surface area contributed by atoms with Crippen LogP contribution in [-0.2, 0) is 25.4 Å². The highest BCUT2D eigenvalue weighted by atomic mass is 32.1. The van der Waals surface area contributed by atoms with Gasteiger partial charge in [0.2, 0.25) is 0 Å². The number of imidazole rings is 1. The summed E-state index contributed by atoms with van der Waals surface area (Å²) in [7, 11) is 4.77. The van der Waals surface area contributed by atoms with E-state index in [0.717, 1.165) is 4.57 Å². The number of ether oxygens (including phenoxy) is 1. The molecule has 2 rings (SSSR count). The van der Waals surface area contributed by atoms with E-state index in [-0.39, 0.29) is 11.2 Å². The molecule has 0 amide bonds. The monoisotopic (exact) mass is 284 g/mol. The molecule has 0 saturated carbocycles. The van der Waals surface area contributed by atoms with Crippen molar-refractivity contribution in [3.63, 3.8) is 0 Å². The van der Waals surface area contributed by atoms with Gasteiger partial charge in [0.15, 0.2) is 10.3 Å². The first-order valence-electron chi connectivity index (χ1n) is 5.86. The van der Waals surface area contributed by atoms with Crippen LogP contribution in [0.1, 0.15) is 6.42 Å². The maximum absolute atomic E-state index is 12.1. The molecule has 2 aromatic heterocycles. The Balaban J connectivity index is 2.75. The van der Waals surface area contributed by atoms with E-state index in [1.165, 1.54) is 11.6 Å². The van der Waals surface area contributed by atoms with Gasteiger partial charge in [0.1, 0.15) is 5.65 Å². The zero-order valence-corrected chi connectivity index (χ0v) is 11.9. The standard InChI is InChI=1S/C11H16N4O3S/c1-13-7-8(12-10(13)19)15(5-4-6-18-3)11(17)14(2)9(7)16/h4-6H2,1-3H3,(H,12,19). The lowest BCUT2D eigenvalue weighted by molar-refractivity contribution is 0.190. The molecule has 2 heterocycles. The second kappa shape index (κ2) is 5.14. The van der Waals surface area contributed by atoms with Gasteiger partial charge in [0, 0.05) is 34.4 Å². The average molecular weight is 284 g/mol. The molecule has 0 aliphatic heterocycles. The van der Waals surface area contributed by atoms with Crippen LogP contribution < -0.4 is 11.2 Å². The Bertz CT molecular complexity index is 780. The molecule has 2 aromatic rings. The molecule has 0 aromatic carbocycles. The van der Waals surface area contributed by atoms with Gasteiger partial charge in [-0.2, -0.15) is 0 Å². The molecule has 0 spiro atoms. The van der Waals surface area contributed by atoms with Crippen molar-refractivity contribution < 1.29 is 4.74 Å². The van der Waals surface area contributed by atoms with Crippen LogP contribution in [0.15, 0.2) is 9.59 Å². The highest BCUT2D eigenvalue weighted by Gasteiger charge is 2.14. The van der Waals surface area contributed by atoms with E-state index in [1.807, 2.05) is 0 Å². The minimum atomic E-state index is -0.356. The molecule has 0 aliphatic carbocycles. The molecule has 0 fully saturated rings. The summed E-state index contributed by atoms with van der Waals surface area (Å²) in [6.07, 6.45) is 0.680. The number of aromatic amines is 1. The number of aryl methyl sites for hydroxylation is 2. The number of hydrogen-bond acceptors (Lipinski definition) is 4. The molecule has 19 heavy (non-hydrogen) atoms. The molecule has 0 unspecified atom stereocenters. The summed E-state index contributed by atoms with van der Waals surface area (Å²) in [5.41, 5.74) is 0.171. The van der Waals surface area contributed by atoms with E-state index in [9.17, 15) is 9.59 Å². The van der Waals surface area contributed by atoms with Gasteiger partial charge in [-0.1, -0.05) is 0 Å². The minimum Gasteiger partial charge on any atom is -0.385 e.